The average molecular weight is 126 g/mol. The van der Waals surface area contributed by atoms with E-state index < -0.39 is 0 Å². The van der Waals surface area contributed by atoms with Crippen molar-refractivity contribution in [3.63, 3.8) is 0 Å². The Morgan fingerprint density at radius 2 is 0.750 bits per heavy atom. The van der Waals surface area contributed by atoms with E-state index in [0.29, 0.717) is 0 Å². The van der Waals surface area contributed by atoms with Crippen molar-refractivity contribution in [2.75, 3.05) is 0 Å². The quantitative estimate of drug-likeness (QED) is 0.306. The van der Waals surface area contributed by atoms with Gasteiger partial charge in [-0.05, 0) is 0 Å². The zero-order valence-electron chi connectivity index (χ0n) is 2.19. The third kappa shape index (κ3) is 8.95. The van der Waals surface area contributed by atoms with E-state index in [1.54, 1.807) is 0 Å². The summed E-state index contributed by atoms with van der Waals surface area (Å²) in [6, 6.07) is 0. The first kappa shape index (κ1) is 36.3. The van der Waals surface area contributed by atoms with Crippen LogP contribution < -0.4 is 51.4 Å². The molecule has 21 valence electrons. The van der Waals surface area contributed by atoms with Gasteiger partial charge >= 0.3 is 68.5 Å². The van der Waals surface area contributed by atoms with E-state index in [9.17, 15) is 0 Å². The molecule has 0 spiro atoms. The molecule has 0 heterocycles. The molecule has 2 nitrogen and oxygen atoms in total. The van der Waals surface area contributed by atoms with E-state index in [2.05, 4.69) is 0 Å². The van der Waals surface area contributed by atoms with Crippen LogP contribution >= 0.6 is 0 Å². The summed E-state index contributed by atoms with van der Waals surface area (Å²) in [6.45, 7) is 0. The fourth-order valence-electron chi connectivity index (χ4n) is 0. The molecule has 0 rings (SSSR count). The third-order valence-electron chi connectivity index (χ3n) is 0. The normalized spacial score (nSPS) is 0. The van der Waals surface area contributed by atoms with Crippen molar-refractivity contribution < 1.29 is 79.4 Å². The topological polar surface area (TPSA) is 57.0 Å². The van der Waals surface area contributed by atoms with Gasteiger partial charge in [-0.2, -0.15) is 0 Å². The molecule has 0 saturated carbocycles. The minimum absolute atomic E-state index is 0. The van der Waals surface area contributed by atoms with E-state index >= 15 is 0 Å². The van der Waals surface area contributed by atoms with Crippen LogP contribution in [0.4, 0.5) is 0 Å². The van der Waals surface area contributed by atoms with Crippen LogP contribution in [-0.4, -0.2) is 0 Å². The van der Waals surface area contributed by atoms with E-state index in [4.69, 9.17) is 0 Å². The van der Waals surface area contributed by atoms with E-state index in [-0.39, 0.29) is 79.4 Å². The van der Waals surface area contributed by atoms with Gasteiger partial charge in [-0.15, -0.1) is 0 Å². The molecule has 0 saturated heterocycles. The second-order valence-electron chi connectivity index (χ2n) is 0. The van der Waals surface area contributed by atoms with Gasteiger partial charge in [-0.1, -0.05) is 0 Å². The monoisotopic (exact) mass is 126 g/mol. The van der Waals surface area contributed by atoms with Gasteiger partial charge in [0.25, 0.3) is 0 Å². The van der Waals surface area contributed by atoms with Crippen LogP contribution in [0.2, 0.25) is 0 Å². The Balaban J connectivity index is 0. The zero-order chi connectivity index (χ0) is 0. The molecule has 0 aromatic heterocycles. The van der Waals surface area contributed by atoms with Gasteiger partial charge in [0.2, 0.25) is 0 Å². The summed E-state index contributed by atoms with van der Waals surface area (Å²) >= 11 is 0. The van der Waals surface area contributed by atoms with Crippen LogP contribution in [0.3, 0.4) is 0 Å². The van der Waals surface area contributed by atoms with E-state index in [0.717, 1.165) is 0 Å². The fraction of sp³-hybridized carbons (Fsp3) is 0. The van der Waals surface area contributed by atoms with Gasteiger partial charge in [0.05, 0.1) is 0 Å². The van der Waals surface area contributed by atoms with Crippen LogP contribution in [0.15, 0.2) is 0 Å². The summed E-state index contributed by atoms with van der Waals surface area (Å²) in [5.41, 5.74) is 0. The molecule has 0 atom stereocenters. The molecule has 0 fully saturated rings. The Morgan fingerprint density at radius 3 is 0.750 bits per heavy atom. The molecule has 0 unspecified atom stereocenters. The maximum atomic E-state index is 0. The van der Waals surface area contributed by atoms with Gasteiger partial charge in [0, 0.05) is 0 Å². The number of hydrogen-bond acceptors (Lipinski definition) is 0. The molecule has 0 aliphatic heterocycles. The van der Waals surface area contributed by atoms with Crippen molar-refractivity contribution in [2.24, 2.45) is 0 Å². The van der Waals surface area contributed by atoms with Crippen LogP contribution in [-0.2, 0) is 28.0 Å². The van der Waals surface area contributed by atoms with Crippen molar-refractivity contribution in [1.29, 1.82) is 0 Å². The summed E-state index contributed by atoms with van der Waals surface area (Å²) in [6.07, 6.45) is 0. The Hall–Kier alpha value is 2.08. The molecule has 4 heavy (non-hydrogen) atoms. The summed E-state index contributed by atoms with van der Waals surface area (Å²) < 4.78 is 0. The predicted molar refractivity (Wildman–Crippen MR) is 1.37 cm³/mol. The van der Waals surface area contributed by atoms with Crippen LogP contribution in [0.25, 0.3) is 0 Å². The van der Waals surface area contributed by atoms with Crippen molar-refractivity contribution in [3.8, 4) is 0 Å². The maximum Gasteiger partial charge on any atom is 2.00 e. The Kier molecular flexibility index (Phi) is 178. The van der Waals surface area contributed by atoms with Gasteiger partial charge < -0.3 is 11.0 Å². The summed E-state index contributed by atoms with van der Waals surface area (Å²) in [5, 5.41) is 0. The second kappa shape index (κ2) is 19.6. The minimum Gasteiger partial charge on any atom is -2.00 e. The second-order valence-corrected chi connectivity index (χ2v) is 0. The largest absolute Gasteiger partial charge is 2.00 e. The van der Waals surface area contributed by atoms with Gasteiger partial charge in [0.1, 0.15) is 0 Å². The smallest absolute Gasteiger partial charge is 2.00 e. The molecule has 0 N–H and O–H groups in total. The Labute approximate surface area is 77.8 Å². The third-order valence-corrected chi connectivity index (χ3v) is 0. The van der Waals surface area contributed by atoms with Crippen LogP contribution in [0, 0.1) is 0 Å². The Morgan fingerprint density at radius 1 is 0.750 bits per heavy atom. The molecule has 4 heteroatoms. The summed E-state index contributed by atoms with van der Waals surface area (Å²) in [5.74, 6) is 0. The first-order valence-electron chi connectivity index (χ1n) is 0. The number of hydrogen-bond donors (Lipinski definition) is 0. The van der Waals surface area contributed by atoms with Crippen molar-refractivity contribution in [1.82, 2.24) is 0 Å². The van der Waals surface area contributed by atoms with Gasteiger partial charge in [-0.25, -0.2) is 0 Å². The van der Waals surface area contributed by atoms with Gasteiger partial charge in [0.15, 0.2) is 0 Å². The Bertz CT molecular complexity index is 6.00. The van der Waals surface area contributed by atoms with Crippen LogP contribution in [0.1, 0.15) is 0 Å². The van der Waals surface area contributed by atoms with Gasteiger partial charge in [-0.3, -0.25) is 0 Å². The summed E-state index contributed by atoms with van der Waals surface area (Å²) in [4.78, 5) is 0. The van der Waals surface area contributed by atoms with Crippen LogP contribution in [0.5, 0.6) is 0 Å². The molecule has 0 amide bonds. The maximum absolute atomic E-state index is 0. The standard InChI is InChI=1S/K.Mn.2O/q+1;+2;2*-2. The van der Waals surface area contributed by atoms with E-state index in [1.165, 1.54) is 0 Å². The number of rotatable bonds is 0. The van der Waals surface area contributed by atoms with E-state index in [1.807, 2.05) is 0 Å². The molecule has 0 aliphatic rings. The molecule has 0 aromatic rings. The average Bonchev–Trinajstić information content (AvgIpc) is 0. The first-order valence-corrected chi connectivity index (χ1v) is 0. The molecule has 0 bridgehead atoms. The molecule has 0 aliphatic carbocycles. The first-order chi connectivity index (χ1) is 0. The van der Waals surface area contributed by atoms with Crippen molar-refractivity contribution in [3.05, 3.63) is 0 Å². The minimum atomic E-state index is 0. The zero-order valence-corrected chi connectivity index (χ0v) is 6.50. The molecule has 1 radical (unpaired) electrons. The molecular formula is KMnO2-. The molecular weight excluding hydrogens is 126 g/mol. The van der Waals surface area contributed by atoms with Crippen molar-refractivity contribution in [2.45, 2.75) is 0 Å². The predicted octanol–water partition coefficient (Wildman–Crippen LogP) is -3.24. The molecule has 0 aromatic carbocycles. The van der Waals surface area contributed by atoms with Crippen molar-refractivity contribution >= 4 is 0 Å². The SMILES string of the molecule is [K+].[Mn+2].[O-2].[O-2]. The summed E-state index contributed by atoms with van der Waals surface area (Å²) in [7, 11) is 0. The fourth-order valence-corrected chi connectivity index (χ4v) is 0.